The summed E-state index contributed by atoms with van der Waals surface area (Å²) in [6.07, 6.45) is 1.76. The first-order valence-corrected chi connectivity index (χ1v) is 7.67. The number of aryl methyl sites for hydroxylation is 1. The number of anilines is 2. The van der Waals surface area contributed by atoms with Crippen molar-refractivity contribution >= 4 is 11.6 Å². The third-order valence-electron chi connectivity index (χ3n) is 3.40. The summed E-state index contributed by atoms with van der Waals surface area (Å²) < 4.78 is 12.9. The van der Waals surface area contributed by atoms with E-state index in [0.717, 1.165) is 22.9 Å². The molecular formula is C18H18FN5. The molecule has 6 heteroatoms. The van der Waals surface area contributed by atoms with E-state index in [-0.39, 0.29) is 5.82 Å². The normalized spacial score (nSPS) is 10.4. The maximum absolute atomic E-state index is 12.9. The van der Waals surface area contributed by atoms with E-state index < -0.39 is 0 Å². The molecule has 0 amide bonds. The Morgan fingerprint density at radius 1 is 0.917 bits per heavy atom. The second kappa shape index (κ2) is 7.50. The molecule has 122 valence electrons. The molecule has 0 aliphatic heterocycles. The van der Waals surface area contributed by atoms with Gasteiger partial charge in [-0.2, -0.15) is 0 Å². The molecule has 5 nitrogen and oxygen atoms in total. The van der Waals surface area contributed by atoms with Crippen molar-refractivity contribution in [3.63, 3.8) is 0 Å². The minimum Gasteiger partial charge on any atom is -0.366 e. The van der Waals surface area contributed by atoms with Crippen LogP contribution in [0, 0.1) is 12.7 Å². The van der Waals surface area contributed by atoms with Crippen LogP contribution in [0.3, 0.4) is 0 Å². The van der Waals surface area contributed by atoms with Crippen molar-refractivity contribution < 1.29 is 4.39 Å². The topological polar surface area (TPSA) is 62.7 Å². The number of pyridine rings is 1. The second-order valence-corrected chi connectivity index (χ2v) is 5.34. The zero-order valence-corrected chi connectivity index (χ0v) is 13.3. The molecule has 0 spiro atoms. The number of halogens is 1. The van der Waals surface area contributed by atoms with Crippen molar-refractivity contribution in [3.05, 3.63) is 77.6 Å². The highest BCUT2D eigenvalue weighted by molar-refractivity contribution is 5.48. The molecule has 0 saturated carbocycles. The third kappa shape index (κ3) is 4.49. The number of benzene rings is 1. The van der Waals surface area contributed by atoms with Crippen LogP contribution in [-0.4, -0.2) is 15.0 Å². The van der Waals surface area contributed by atoms with Gasteiger partial charge in [-0.05, 0) is 36.8 Å². The lowest BCUT2D eigenvalue weighted by Crippen LogP contribution is -2.07. The lowest BCUT2D eigenvalue weighted by atomic mass is 10.2. The molecule has 0 saturated heterocycles. The zero-order chi connectivity index (χ0) is 16.8. The van der Waals surface area contributed by atoms with Crippen LogP contribution in [0.4, 0.5) is 16.0 Å². The standard InChI is InChI=1S/C18H18FN5/c1-13-23-17(21-11-14-5-7-15(19)8-6-14)10-18(24-13)22-12-16-4-2-3-9-20-16/h2-10H,11-12H2,1H3,(H2,21,22,23,24). The van der Waals surface area contributed by atoms with Crippen molar-refractivity contribution in [1.29, 1.82) is 0 Å². The van der Waals surface area contributed by atoms with Gasteiger partial charge >= 0.3 is 0 Å². The highest BCUT2D eigenvalue weighted by atomic mass is 19.1. The minimum atomic E-state index is -0.238. The van der Waals surface area contributed by atoms with Gasteiger partial charge in [-0.1, -0.05) is 18.2 Å². The maximum atomic E-state index is 12.9. The van der Waals surface area contributed by atoms with E-state index in [4.69, 9.17) is 0 Å². The maximum Gasteiger partial charge on any atom is 0.132 e. The third-order valence-corrected chi connectivity index (χ3v) is 3.40. The van der Waals surface area contributed by atoms with Gasteiger partial charge in [0.25, 0.3) is 0 Å². The largest absolute Gasteiger partial charge is 0.366 e. The van der Waals surface area contributed by atoms with Gasteiger partial charge in [0.1, 0.15) is 23.3 Å². The monoisotopic (exact) mass is 323 g/mol. The molecule has 2 aromatic heterocycles. The van der Waals surface area contributed by atoms with Crippen LogP contribution in [0.1, 0.15) is 17.1 Å². The molecule has 24 heavy (non-hydrogen) atoms. The molecule has 1 aromatic carbocycles. The molecule has 0 atom stereocenters. The summed E-state index contributed by atoms with van der Waals surface area (Å²) in [4.78, 5) is 13.0. The lowest BCUT2D eigenvalue weighted by Gasteiger charge is -2.10. The molecule has 0 aliphatic rings. The molecule has 0 bridgehead atoms. The molecule has 0 fully saturated rings. The van der Waals surface area contributed by atoms with Crippen molar-refractivity contribution in [2.45, 2.75) is 20.0 Å². The first-order valence-electron chi connectivity index (χ1n) is 7.67. The molecule has 0 unspecified atom stereocenters. The number of hydrogen-bond donors (Lipinski definition) is 2. The van der Waals surface area contributed by atoms with Crippen LogP contribution in [0.5, 0.6) is 0 Å². The smallest absolute Gasteiger partial charge is 0.132 e. The molecule has 3 aromatic rings. The minimum absolute atomic E-state index is 0.238. The summed E-state index contributed by atoms with van der Waals surface area (Å²) >= 11 is 0. The van der Waals surface area contributed by atoms with Crippen LogP contribution >= 0.6 is 0 Å². The van der Waals surface area contributed by atoms with Crippen molar-refractivity contribution in [3.8, 4) is 0 Å². The van der Waals surface area contributed by atoms with E-state index in [1.165, 1.54) is 12.1 Å². The van der Waals surface area contributed by atoms with Crippen LogP contribution < -0.4 is 10.6 Å². The van der Waals surface area contributed by atoms with E-state index in [0.29, 0.717) is 18.9 Å². The fourth-order valence-corrected chi connectivity index (χ4v) is 2.23. The average molecular weight is 323 g/mol. The van der Waals surface area contributed by atoms with Crippen LogP contribution in [0.2, 0.25) is 0 Å². The Kier molecular flexibility index (Phi) is 4.96. The van der Waals surface area contributed by atoms with E-state index in [2.05, 4.69) is 25.6 Å². The highest BCUT2D eigenvalue weighted by Gasteiger charge is 2.03. The fourth-order valence-electron chi connectivity index (χ4n) is 2.23. The van der Waals surface area contributed by atoms with E-state index in [1.807, 2.05) is 31.2 Å². The van der Waals surface area contributed by atoms with Crippen molar-refractivity contribution in [2.75, 3.05) is 10.6 Å². The summed E-state index contributed by atoms with van der Waals surface area (Å²) in [5.41, 5.74) is 1.92. The highest BCUT2D eigenvalue weighted by Crippen LogP contribution is 2.13. The molecule has 3 rings (SSSR count). The quantitative estimate of drug-likeness (QED) is 0.726. The Balaban J connectivity index is 1.63. The van der Waals surface area contributed by atoms with Gasteiger partial charge < -0.3 is 10.6 Å². The van der Waals surface area contributed by atoms with Gasteiger partial charge in [0.05, 0.1) is 12.2 Å². The Labute approximate surface area is 140 Å². The number of nitrogens with one attached hydrogen (secondary N) is 2. The van der Waals surface area contributed by atoms with Crippen LogP contribution in [0.25, 0.3) is 0 Å². The number of aromatic nitrogens is 3. The van der Waals surface area contributed by atoms with Crippen LogP contribution in [0.15, 0.2) is 54.7 Å². The van der Waals surface area contributed by atoms with Gasteiger partial charge in [0, 0.05) is 18.8 Å². The summed E-state index contributed by atoms with van der Waals surface area (Å²) in [5, 5.41) is 6.48. The van der Waals surface area contributed by atoms with E-state index in [1.54, 1.807) is 18.3 Å². The average Bonchev–Trinajstić information content (AvgIpc) is 2.60. The number of hydrogen-bond acceptors (Lipinski definition) is 5. The van der Waals surface area contributed by atoms with Gasteiger partial charge in [0.2, 0.25) is 0 Å². The van der Waals surface area contributed by atoms with Crippen LogP contribution in [-0.2, 0) is 13.1 Å². The number of nitrogens with zero attached hydrogens (tertiary/aromatic N) is 3. The molecule has 2 N–H and O–H groups in total. The molecule has 0 radical (unpaired) electrons. The summed E-state index contributed by atoms with van der Waals surface area (Å²) in [7, 11) is 0. The lowest BCUT2D eigenvalue weighted by molar-refractivity contribution is 0.627. The predicted octanol–water partition coefficient (Wildman–Crippen LogP) is 3.54. The van der Waals surface area contributed by atoms with Gasteiger partial charge in [-0.3, -0.25) is 4.98 Å². The predicted molar refractivity (Wildman–Crippen MR) is 92.1 cm³/mol. The Bertz CT molecular complexity index is 790. The summed E-state index contributed by atoms with van der Waals surface area (Å²) in [6, 6.07) is 14.0. The fraction of sp³-hybridized carbons (Fsp3) is 0.167. The Morgan fingerprint density at radius 2 is 1.62 bits per heavy atom. The van der Waals surface area contributed by atoms with E-state index >= 15 is 0 Å². The van der Waals surface area contributed by atoms with E-state index in [9.17, 15) is 4.39 Å². The van der Waals surface area contributed by atoms with Gasteiger partial charge in [0.15, 0.2) is 0 Å². The SMILES string of the molecule is Cc1nc(NCc2ccc(F)cc2)cc(NCc2ccccn2)n1. The first kappa shape index (κ1) is 15.9. The van der Waals surface area contributed by atoms with Gasteiger partial charge in [-0.15, -0.1) is 0 Å². The van der Waals surface area contributed by atoms with Gasteiger partial charge in [-0.25, -0.2) is 14.4 Å². The van der Waals surface area contributed by atoms with Crippen molar-refractivity contribution in [2.24, 2.45) is 0 Å². The summed E-state index contributed by atoms with van der Waals surface area (Å²) in [5.74, 6) is 1.88. The first-order chi connectivity index (χ1) is 11.7. The van der Waals surface area contributed by atoms with Crippen molar-refractivity contribution in [1.82, 2.24) is 15.0 Å². The second-order valence-electron chi connectivity index (χ2n) is 5.34. The Hall–Kier alpha value is -3.02. The number of rotatable bonds is 6. The molecular weight excluding hydrogens is 305 g/mol. The zero-order valence-electron chi connectivity index (χ0n) is 13.3. The Morgan fingerprint density at radius 3 is 2.29 bits per heavy atom. The summed E-state index contributed by atoms with van der Waals surface area (Å²) in [6.45, 7) is 3.00. The molecule has 0 aliphatic carbocycles. The molecule has 2 heterocycles.